The average Bonchev–Trinajstić information content (AvgIpc) is 2.81. The Morgan fingerprint density at radius 3 is 2.13 bits per heavy atom. The highest BCUT2D eigenvalue weighted by atomic mass is 16.5. The summed E-state index contributed by atoms with van der Waals surface area (Å²) in [6.07, 6.45) is 1.53. The molecule has 166 valence electrons. The van der Waals surface area contributed by atoms with Gasteiger partial charge in [0.05, 0.1) is 19.6 Å². The van der Waals surface area contributed by atoms with Crippen molar-refractivity contribution in [3.8, 4) is 11.5 Å². The molecule has 1 aliphatic heterocycles. The van der Waals surface area contributed by atoms with Crippen molar-refractivity contribution in [1.29, 1.82) is 0 Å². The van der Waals surface area contributed by atoms with Crippen molar-refractivity contribution in [1.82, 2.24) is 15.5 Å². The maximum absolute atomic E-state index is 13.0. The first-order valence-electron chi connectivity index (χ1n) is 10.5. The van der Waals surface area contributed by atoms with E-state index < -0.39 is 5.41 Å². The number of hydrogen-bond acceptors (Lipinski definition) is 4. The summed E-state index contributed by atoms with van der Waals surface area (Å²) in [5, 5.41) is 5.98. The number of carbonyl (C=O) groups is 2. The van der Waals surface area contributed by atoms with E-state index in [0.29, 0.717) is 26.2 Å². The lowest BCUT2D eigenvalue weighted by molar-refractivity contribution is -0.132. The van der Waals surface area contributed by atoms with Gasteiger partial charge in [-0.25, -0.2) is 4.79 Å². The fourth-order valence-corrected chi connectivity index (χ4v) is 3.85. The zero-order chi connectivity index (χ0) is 22.3. The predicted molar refractivity (Wildman–Crippen MR) is 119 cm³/mol. The number of rotatable bonds is 7. The van der Waals surface area contributed by atoms with Gasteiger partial charge in [0.1, 0.15) is 11.5 Å². The number of ether oxygens (including phenoxy) is 2. The fraction of sp³-hybridized carbons (Fsp3) is 0.417. The molecule has 2 aromatic rings. The lowest BCUT2D eigenvalue weighted by Gasteiger charge is -2.39. The van der Waals surface area contributed by atoms with E-state index in [-0.39, 0.29) is 11.9 Å². The van der Waals surface area contributed by atoms with Gasteiger partial charge >= 0.3 is 6.03 Å². The van der Waals surface area contributed by atoms with Crippen LogP contribution >= 0.6 is 0 Å². The Hall–Kier alpha value is -3.22. The molecule has 7 nitrogen and oxygen atoms in total. The molecule has 3 amide bonds. The molecule has 1 aliphatic rings. The van der Waals surface area contributed by atoms with Crippen molar-refractivity contribution >= 4 is 11.9 Å². The first-order chi connectivity index (χ1) is 14.9. The van der Waals surface area contributed by atoms with Gasteiger partial charge < -0.3 is 25.0 Å². The van der Waals surface area contributed by atoms with Crippen molar-refractivity contribution in [2.24, 2.45) is 5.41 Å². The van der Waals surface area contributed by atoms with E-state index in [1.807, 2.05) is 55.5 Å². The summed E-state index contributed by atoms with van der Waals surface area (Å²) in [6.45, 7) is 3.79. The first-order valence-corrected chi connectivity index (χ1v) is 10.5. The van der Waals surface area contributed by atoms with Crippen LogP contribution in [0.3, 0.4) is 0 Å². The van der Waals surface area contributed by atoms with Gasteiger partial charge in [-0.15, -0.1) is 0 Å². The van der Waals surface area contributed by atoms with Gasteiger partial charge in [0.2, 0.25) is 5.91 Å². The predicted octanol–water partition coefficient (Wildman–Crippen LogP) is 3.33. The number of nitrogens with one attached hydrogen (secondary N) is 2. The summed E-state index contributed by atoms with van der Waals surface area (Å²) >= 11 is 0. The van der Waals surface area contributed by atoms with Gasteiger partial charge in [-0.05, 0) is 55.2 Å². The minimum atomic E-state index is -0.621. The minimum Gasteiger partial charge on any atom is -0.497 e. The van der Waals surface area contributed by atoms with Crippen LogP contribution in [0.1, 0.15) is 30.9 Å². The molecule has 0 aliphatic carbocycles. The van der Waals surface area contributed by atoms with Crippen LogP contribution in [0.5, 0.6) is 11.5 Å². The Morgan fingerprint density at radius 2 is 1.55 bits per heavy atom. The van der Waals surface area contributed by atoms with Crippen molar-refractivity contribution in [3.63, 3.8) is 0 Å². The van der Waals surface area contributed by atoms with Gasteiger partial charge in [-0.1, -0.05) is 24.3 Å². The molecule has 2 aromatic carbocycles. The van der Waals surface area contributed by atoms with Crippen molar-refractivity contribution in [2.75, 3.05) is 27.3 Å². The number of carbonyl (C=O) groups excluding carboxylic acids is 2. The molecule has 31 heavy (non-hydrogen) atoms. The van der Waals surface area contributed by atoms with E-state index in [4.69, 9.17) is 9.47 Å². The molecule has 0 bridgehead atoms. The molecule has 0 spiro atoms. The lowest BCUT2D eigenvalue weighted by atomic mass is 9.81. The standard InChI is InChI=1S/C24H31N3O4/c1-24(22(28)25-15-18-7-4-9-20(13-18)30-2)11-6-12-27(17-24)23(29)26-16-19-8-5-10-21(14-19)31-3/h4-5,7-10,13-14H,6,11-12,15-17H2,1-3H3,(H,25,28)(H,26,29)/t24-/m0/s1. The zero-order valence-electron chi connectivity index (χ0n) is 18.4. The van der Waals surface area contributed by atoms with Crippen LogP contribution in [-0.4, -0.2) is 44.1 Å². The average molecular weight is 426 g/mol. The summed E-state index contributed by atoms with van der Waals surface area (Å²) in [5.74, 6) is 1.47. The van der Waals surface area contributed by atoms with Crippen LogP contribution in [-0.2, 0) is 17.9 Å². The Balaban J connectivity index is 1.54. The highest BCUT2D eigenvalue weighted by molar-refractivity contribution is 5.84. The van der Waals surface area contributed by atoms with Crippen LogP contribution in [0.4, 0.5) is 4.79 Å². The van der Waals surface area contributed by atoms with E-state index in [9.17, 15) is 9.59 Å². The second-order valence-electron chi connectivity index (χ2n) is 8.13. The summed E-state index contributed by atoms with van der Waals surface area (Å²) in [6, 6.07) is 15.1. The lowest BCUT2D eigenvalue weighted by Crippen LogP contribution is -2.53. The van der Waals surface area contributed by atoms with Crippen LogP contribution in [0, 0.1) is 5.41 Å². The maximum Gasteiger partial charge on any atom is 0.317 e. The Morgan fingerprint density at radius 1 is 0.968 bits per heavy atom. The second-order valence-corrected chi connectivity index (χ2v) is 8.13. The van der Waals surface area contributed by atoms with Gasteiger partial charge in [-0.3, -0.25) is 4.79 Å². The third-order valence-corrected chi connectivity index (χ3v) is 5.70. The van der Waals surface area contributed by atoms with Gasteiger partial charge in [-0.2, -0.15) is 0 Å². The number of piperidine rings is 1. The molecule has 0 unspecified atom stereocenters. The maximum atomic E-state index is 13.0. The first kappa shape index (κ1) is 22.5. The monoisotopic (exact) mass is 425 g/mol. The quantitative estimate of drug-likeness (QED) is 0.713. The smallest absolute Gasteiger partial charge is 0.317 e. The van der Waals surface area contributed by atoms with Gasteiger partial charge in [0, 0.05) is 26.2 Å². The van der Waals surface area contributed by atoms with Crippen molar-refractivity contribution < 1.29 is 19.1 Å². The minimum absolute atomic E-state index is 0.0411. The van der Waals surface area contributed by atoms with E-state index in [0.717, 1.165) is 35.5 Å². The molecule has 0 aromatic heterocycles. The molecule has 7 heteroatoms. The molecule has 3 rings (SSSR count). The number of benzene rings is 2. The topological polar surface area (TPSA) is 79.9 Å². The highest BCUT2D eigenvalue weighted by Gasteiger charge is 2.39. The zero-order valence-corrected chi connectivity index (χ0v) is 18.4. The number of likely N-dealkylation sites (tertiary alicyclic amines) is 1. The Kier molecular flexibility index (Phi) is 7.39. The number of hydrogen-bond donors (Lipinski definition) is 2. The van der Waals surface area contributed by atoms with Gasteiger partial charge in [0.25, 0.3) is 0 Å². The van der Waals surface area contributed by atoms with E-state index in [2.05, 4.69) is 10.6 Å². The molecule has 2 N–H and O–H groups in total. The van der Waals surface area contributed by atoms with Crippen LogP contribution in [0.15, 0.2) is 48.5 Å². The second kappa shape index (κ2) is 10.2. The number of amides is 3. The molecule has 0 saturated carbocycles. The highest BCUT2D eigenvalue weighted by Crippen LogP contribution is 2.30. The van der Waals surface area contributed by atoms with E-state index >= 15 is 0 Å². The summed E-state index contributed by atoms with van der Waals surface area (Å²) in [5.41, 5.74) is 1.31. The summed E-state index contributed by atoms with van der Waals surface area (Å²) in [7, 11) is 3.24. The van der Waals surface area contributed by atoms with Crippen LogP contribution in [0.25, 0.3) is 0 Å². The summed E-state index contributed by atoms with van der Waals surface area (Å²) in [4.78, 5) is 27.4. The fourth-order valence-electron chi connectivity index (χ4n) is 3.85. The number of urea groups is 1. The SMILES string of the molecule is COc1cccc(CNC(=O)N2CCC[C@](C)(C(=O)NCc3cccc(OC)c3)C2)c1. The van der Waals surface area contributed by atoms with Crippen molar-refractivity contribution in [2.45, 2.75) is 32.9 Å². The van der Waals surface area contributed by atoms with E-state index in [1.54, 1.807) is 19.1 Å². The molecular formula is C24H31N3O4. The number of methoxy groups -OCH3 is 2. The molecule has 1 heterocycles. The Bertz CT molecular complexity index is 917. The molecule has 1 fully saturated rings. The molecular weight excluding hydrogens is 394 g/mol. The molecule has 1 saturated heterocycles. The molecule has 1 atom stereocenters. The molecule has 0 radical (unpaired) electrons. The van der Waals surface area contributed by atoms with Crippen LogP contribution in [0.2, 0.25) is 0 Å². The Labute approximate surface area is 183 Å². The summed E-state index contributed by atoms with van der Waals surface area (Å²) < 4.78 is 10.5. The van der Waals surface area contributed by atoms with Crippen molar-refractivity contribution in [3.05, 3.63) is 59.7 Å². The number of nitrogens with zero attached hydrogens (tertiary/aromatic N) is 1. The third kappa shape index (κ3) is 5.90. The largest absolute Gasteiger partial charge is 0.497 e. The third-order valence-electron chi connectivity index (χ3n) is 5.70. The normalized spacial score (nSPS) is 18.2. The van der Waals surface area contributed by atoms with E-state index in [1.165, 1.54) is 0 Å². The van der Waals surface area contributed by atoms with Crippen LogP contribution < -0.4 is 20.1 Å². The van der Waals surface area contributed by atoms with Gasteiger partial charge in [0.15, 0.2) is 0 Å².